The van der Waals surface area contributed by atoms with Gasteiger partial charge in [-0.3, -0.25) is 4.79 Å². The zero-order valence-electron chi connectivity index (χ0n) is 55.0. The van der Waals surface area contributed by atoms with E-state index in [1.165, 1.54) is 77.0 Å². The second kappa shape index (κ2) is 52.7. The lowest BCUT2D eigenvalue weighted by molar-refractivity contribution is -0.379. The third-order valence-electron chi connectivity index (χ3n) is 16.6. The van der Waals surface area contributed by atoms with Crippen LogP contribution in [0.3, 0.4) is 0 Å². The average Bonchev–Trinajstić information content (AvgIpc) is 0.885. The lowest BCUT2D eigenvalue weighted by Gasteiger charge is -2.48. The summed E-state index contributed by atoms with van der Waals surface area (Å²) >= 11 is 0. The summed E-state index contributed by atoms with van der Waals surface area (Å²) in [5.41, 5.74) is 0. The van der Waals surface area contributed by atoms with Gasteiger partial charge >= 0.3 is 0 Å². The molecular formula is C72H121NO18. The number of aliphatic hydroxyl groups excluding tert-OH is 11. The molecule has 3 aliphatic rings. The number of ether oxygens (including phenoxy) is 6. The van der Waals surface area contributed by atoms with Gasteiger partial charge < -0.3 is 89.9 Å². The number of unbranched alkanes of at least 4 members (excludes halogenated alkanes) is 19. The average molecular weight is 1290 g/mol. The first-order chi connectivity index (χ1) is 44.3. The van der Waals surface area contributed by atoms with Crippen molar-refractivity contribution < 1.29 is 89.4 Å². The lowest BCUT2D eigenvalue weighted by atomic mass is 9.96. The summed E-state index contributed by atoms with van der Waals surface area (Å²) in [4.78, 5) is 13.4. The molecule has 3 heterocycles. The number of carbonyl (C=O) groups is 1. The summed E-state index contributed by atoms with van der Waals surface area (Å²) in [6.07, 6.45) is 43.4. The summed E-state index contributed by atoms with van der Waals surface area (Å²) < 4.78 is 34.3. The van der Waals surface area contributed by atoms with E-state index in [-0.39, 0.29) is 18.9 Å². The standard InChI is InChI=1S/C72H121NO18/c1-3-5-7-9-11-13-15-17-19-21-23-24-25-26-27-28-29-30-32-34-36-38-40-42-44-46-48-50-60(78)73-55(56(77)49-47-45-43-41-39-37-35-33-31-22-20-18-16-14-12-10-8-6-4-2)54-86-70-66(84)63(81)68(58(52-75)88-70)91-72-67(85)64(82)69(59(53-76)89-72)90-71-65(83)62(80)61(79)57(51-74)87-71/h5,7,11,13,17,19,23-24,26-27,29-30,34,36,39,41,47,49,55-59,61-72,74-77,79-85H,3-4,6,8-10,12,14-16,18,20-22,25,28,31-33,35,37-38,40,42-46,48,50-54H2,1-2H3,(H,73,78)/b7-5-,13-11-,19-17-,24-23-,27-26-,30-29-,36-34-,41-39+,49-47+. The van der Waals surface area contributed by atoms with Crippen molar-refractivity contribution in [1.29, 1.82) is 0 Å². The summed E-state index contributed by atoms with van der Waals surface area (Å²) in [7, 11) is 0. The summed E-state index contributed by atoms with van der Waals surface area (Å²) in [5.74, 6) is -0.309. The number of amides is 1. The fourth-order valence-electron chi connectivity index (χ4n) is 11.0. The molecule has 0 radical (unpaired) electrons. The van der Waals surface area contributed by atoms with Crippen LogP contribution in [0.1, 0.15) is 206 Å². The Balaban J connectivity index is 1.46. The second-order valence-electron chi connectivity index (χ2n) is 24.2. The van der Waals surface area contributed by atoms with Crippen LogP contribution < -0.4 is 5.32 Å². The van der Waals surface area contributed by atoms with E-state index in [4.69, 9.17) is 28.4 Å². The zero-order chi connectivity index (χ0) is 66.1. The minimum Gasteiger partial charge on any atom is -0.394 e. The number of hydrogen-bond acceptors (Lipinski definition) is 18. The number of aliphatic hydroxyl groups is 11. The molecule has 17 atom stereocenters. The predicted octanol–water partition coefficient (Wildman–Crippen LogP) is 9.05. The minimum absolute atomic E-state index is 0.206. The highest BCUT2D eigenvalue weighted by Gasteiger charge is 2.53. The van der Waals surface area contributed by atoms with Gasteiger partial charge in [-0.2, -0.15) is 0 Å². The van der Waals surface area contributed by atoms with Crippen molar-refractivity contribution in [3.8, 4) is 0 Å². The molecule has 17 unspecified atom stereocenters. The predicted molar refractivity (Wildman–Crippen MR) is 355 cm³/mol. The molecule has 3 saturated heterocycles. The van der Waals surface area contributed by atoms with Crippen LogP contribution in [0.25, 0.3) is 0 Å². The van der Waals surface area contributed by atoms with Crippen molar-refractivity contribution in [3.63, 3.8) is 0 Å². The van der Waals surface area contributed by atoms with Crippen LogP contribution in [0.2, 0.25) is 0 Å². The van der Waals surface area contributed by atoms with Gasteiger partial charge in [0.1, 0.15) is 73.2 Å². The molecule has 91 heavy (non-hydrogen) atoms. The van der Waals surface area contributed by atoms with Crippen LogP contribution in [0.4, 0.5) is 0 Å². The van der Waals surface area contributed by atoms with E-state index in [1.807, 2.05) is 6.08 Å². The van der Waals surface area contributed by atoms with Gasteiger partial charge in [0.2, 0.25) is 5.91 Å². The number of allylic oxidation sites excluding steroid dienone is 17. The first-order valence-corrected chi connectivity index (χ1v) is 34.6. The van der Waals surface area contributed by atoms with E-state index >= 15 is 0 Å². The molecule has 522 valence electrons. The van der Waals surface area contributed by atoms with E-state index in [0.29, 0.717) is 12.8 Å². The topological polar surface area (TPSA) is 307 Å². The maximum atomic E-state index is 13.4. The molecule has 0 aromatic carbocycles. The normalized spacial score (nSPS) is 28.6. The van der Waals surface area contributed by atoms with E-state index in [0.717, 1.165) is 96.3 Å². The van der Waals surface area contributed by atoms with Crippen molar-refractivity contribution in [2.75, 3.05) is 26.4 Å². The van der Waals surface area contributed by atoms with Crippen molar-refractivity contribution in [2.24, 2.45) is 0 Å². The minimum atomic E-state index is -1.99. The van der Waals surface area contributed by atoms with Gasteiger partial charge in [-0.15, -0.1) is 0 Å². The molecule has 3 aliphatic heterocycles. The fraction of sp³-hybridized carbons (Fsp3) is 0.736. The Morgan fingerprint density at radius 2 is 0.769 bits per heavy atom. The van der Waals surface area contributed by atoms with Crippen LogP contribution in [-0.4, -0.2) is 193 Å². The maximum Gasteiger partial charge on any atom is 0.220 e. The molecule has 0 aromatic heterocycles. The molecule has 19 nitrogen and oxygen atoms in total. The largest absolute Gasteiger partial charge is 0.394 e. The Morgan fingerprint density at radius 3 is 1.23 bits per heavy atom. The highest BCUT2D eigenvalue weighted by molar-refractivity contribution is 5.76. The van der Waals surface area contributed by atoms with Crippen molar-refractivity contribution >= 4 is 5.91 Å². The highest BCUT2D eigenvalue weighted by atomic mass is 16.8. The maximum absolute atomic E-state index is 13.4. The molecule has 0 aliphatic carbocycles. The van der Waals surface area contributed by atoms with Crippen LogP contribution in [0, 0.1) is 0 Å². The van der Waals surface area contributed by atoms with Gasteiger partial charge in [0.05, 0.1) is 38.6 Å². The Kier molecular flexibility index (Phi) is 47.3. The van der Waals surface area contributed by atoms with Gasteiger partial charge in [-0.1, -0.05) is 220 Å². The van der Waals surface area contributed by atoms with Gasteiger partial charge in [0, 0.05) is 6.42 Å². The molecule has 3 rings (SSSR count). The van der Waals surface area contributed by atoms with E-state index in [9.17, 15) is 61.0 Å². The van der Waals surface area contributed by atoms with E-state index in [2.05, 4.69) is 116 Å². The lowest BCUT2D eigenvalue weighted by Crippen LogP contribution is -2.66. The summed E-state index contributed by atoms with van der Waals surface area (Å²) in [6.45, 7) is 1.57. The van der Waals surface area contributed by atoms with Crippen LogP contribution in [0.15, 0.2) is 109 Å². The van der Waals surface area contributed by atoms with Crippen LogP contribution in [0.5, 0.6) is 0 Å². The number of carbonyl (C=O) groups excluding carboxylic acids is 1. The van der Waals surface area contributed by atoms with Gasteiger partial charge in [0.15, 0.2) is 18.9 Å². The summed E-state index contributed by atoms with van der Waals surface area (Å²) in [6, 6.07) is -1.01. The number of nitrogens with one attached hydrogen (secondary N) is 1. The van der Waals surface area contributed by atoms with Gasteiger partial charge in [-0.25, -0.2) is 0 Å². The van der Waals surface area contributed by atoms with E-state index < -0.39 is 124 Å². The van der Waals surface area contributed by atoms with Crippen LogP contribution in [-0.2, 0) is 33.2 Å². The molecule has 3 fully saturated rings. The Morgan fingerprint density at radius 1 is 0.407 bits per heavy atom. The molecule has 12 N–H and O–H groups in total. The Bertz CT molecular complexity index is 2070. The monoisotopic (exact) mass is 1290 g/mol. The van der Waals surface area contributed by atoms with Crippen molar-refractivity contribution in [3.05, 3.63) is 109 Å². The molecule has 0 aromatic rings. The zero-order valence-corrected chi connectivity index (χ0v) is 55.0. The SMILES string of the molecule is CC/C=C\C/C=C\C/C=C\C/C=C\C/C=C\C/C=C\C/C=C\CCCCCCCC(=O)NC(COC1OC(CO)C(OC2OC(CO)C(OC3OC(CO)C(O)C(O)C3O)C(O)C2O)C(O)C1O)C(O)/C=C/CC/C=C/CCCCCCCCCCCCCCC. The first kappa shape index (κ1) is 81.7. The molecule has 0 saturated carbocycles. The number of rotatable bonds is 51. The third-order valence-corrected chi connectivity index (χ3v) is 16.6. The third kappa shape index (κ3) is 34.6. The second-order valence-corrected chi connectivity index (χ2v) is 24.2. The van der Waals surface area contributed by atoms with Gasteiger partial charge in [-0.05, 0) is 89.9 Å². The molecule has 19 heteroatoms. The van der Waals surface area contributed by atoms with Crippen molar-refractivity contribution in [1.82, 2.24) is 5.32 Å². The molecule has 1 amide bonds. The fourth-order valence-corrected chi connectivity index (χ4v) is 11.0. The molecular weight excluding hydrogens is 1170 g/mol. The quantitative estimate of drug-likeness (QED) is 0.0200. The van der Waals surface area contributed by atoms with Crippen LogP contribution >= 0.6 is 0 Å². The highest BCUT2D eigenvalue weighted by Crippen LogP contribution is 2.33. The molecule has 0 spiro atoms. The smallest absolute Gasteiger partial charge is 0.220 e. The van der Waals surface area contributed by atoms with Gasteiger partial charge in [0.25, 0.3) is 0 Å². The van der Waals surface area contributed by atoms with E-state index in [1.54, 1.807) is 6.08 Å². The van der Waals surface area contributed by atoms with Crippen molar-refractivity contribution in [2.45, 2.75) is 311 Å². The number of hydrogen-bond donors (Lipinski definition) is 12. The molecule has 0 bridgehead atoms. The Hall–Kier alpha value is -3.55. The first-order valence-electron chi connectivity index (χ1n) is 34.6. The summed E-state index contributed by atoms with van der Waals surface area (Å²) in [5, 5.41) is 120. The Labute approximate surface area is 545 Å².